The lowest BCUT2D eigenvalue weighted by molar-refractivity contribution is 0.272. The van der Waals surface area contributed by atoms with E-state index in [1.165, 1.54) is 5.56 Å². The summed E-state index contributed by atoms with van der Waals surface area (Å²) in [6.45, 7) is 7.19. The van der Waals surface area contributed by atoms with Crippen molar-refractivity contribution < 1.29 is 4.74 Å². The van der Waals surface area contributed by atoms with E-state index in [1.54, 1.807) is 0 Å². The minimum atomic E-state index is 0.214. The third-order valence-electron chi connectivity index (χ3n) is 3.18. The predicted molar refractivity (Wildman–Crippen MR) is 93.0 cm³/mol. The van der Waals surface area contributed by atoms with Crippen molar-refractivity contribution in [3.8, 4) is 5.75 Å². The van der Waals surface area contributed by atoms with E-state index in [0.29, 0.717) is 5.92 Å². The molecule has 0 fully saturated rings. The molecule has 0 spiro atoms. The highest BCUT2D eigenvalue weighted by Crippen LogP contribution is 2.29. The Morgan fingerprint density at radius 3 is 2.52 bits per heavy atom. The Kier molecular flexibility index (Phi) is 5.68. The van der Waals surface area contributed by atoms with Gasteiger partial charge in [0, 0.05) is 10.5 Å². The summed E-state index contributed by atoms with van der Waals surface area (Å²) in [5, 5.41) is 3.53. The Hall–Kier alpha value is -1.48. The molecule has 21 heavy (non-hydrogen) atoms. The lowest BCUT2D eigenvalue weighted by Gasteiger charge is -2.19. The first kappa shape index (κ1) is 15.9. The van der Waals surface area contributed by atoms with Gasteiger partial charge in [0.2, 0.25) is 0 Å². The van der Waals surface area contributed by atoms with Crippen LogP contribution in [-0.2, 0) is 0 Å². The fraction of sp³-hybridized carbons (Fsp3) is 0.333. The second kappa shape index (κ2) is 7.51. The minimum absolute atomic E-state index is 0.214. The Balaban J connectivity index is 2.11. The maximum atomic E-state index is 5.89. The van der Waals surface area contributed by atoms with Gasteiger partial charge in [-0.05, 0) is 42.7 Å². The average Bonchev–Trinajstić information content (AvgIpc) is 2.46. The van der Waals surface area contributed by atoms with Gasteiger partial charge in [0.05, 0.1) is 12.3 Å². The molecule has 2 nitrogen and oxygen atoms in total. The topological polar surface area (TPSA) is 21.3 Å². The molecule has 0 heterocycles. The SMILES string of the molecule is CC(C)COc1ccccc1NC(C)c1cccc(Br)c1. The molecule has 0 aromatic heterocycles. The smallest absolute Gasteiger partial charge is 0.142 e. The van der Waals surface area contributed by atoms with Crippen LogP contribution in [0, 0.1) is 5.92 Å². The van der Waals surface area contributed by atoms with Crippen LogP contribution in [0.25, 0.3) is 0 Å². The average molecular weight is 348 g/mol. The molecule has 0 aliphatic carbocycles. The van der Waals surface area contributed by atoms with Gasteiger partial charge in [0.1, 0.15) is 5.75 Å². The van der Waals surface area contributed by atoms with E-state index in [9.17, 15) is 0 Å². The number of hydrogen-bond donors (Lipinski definition) is 1. The molecule has 1 atom stereocenters. The van der Waals surface area contributed by atoms with E-state index < -0.39 is 0 Å². The van der Waals surface area contributed by atoms with E-state index in [-0.39, 0.29) is 6.04 Å². The zero-order valence-electron chi connectivity index (χ0n) is 12.8. The van der Waals surface area contributed by atoms with Crippen molar-refractivity contribution in [3.63, 3.8) is 0 Å². The number of hydrogen-bond acceptors (Lipinski definition) is 2. The molecule has 0 amide bonds. The summed E-state index contributed by atoms with van der Waals surface area (Å²) < 4.78 is 6.98. The lowest BCUT2D eigenvalue weighted by atomic mass is 10.1. The fourth-order valence-electron chi connectivity index (χ4n) is 2.06. The fourth-order valence-corrected chi connectivity index (χ4v) is 2.48. The molecule has 0 bridgehead atoms. The molecule has 112 valence electrons. The van der Waals surface area contributed by atoms with Gasteiger partial charge in [0.15, 0.2) is 0 Å². The first-order valence-corrected chi connectivity index (χ1v) is 8.09. The molecule has 2 aromatic rings. The quantitative estimate of drug-likeness (QED) is 0.728. The molecule has 3 heteroatoms. The molecule has 0 aliphatic rings. The van der Waals surface area contributed by atoms with Crippen molar-refractivity contribution in [2.45, 2.75) is 26.8 Å². The summed E-state index contributed by atoms with van der Waals surface area (Å²) in [5.41, 5.74) is 2.27. The normalized spacial score (nSPS) is 12.2. The highest BCUT2D eigenvalue weighted by atomic mass is 79.9. The van der Waals surface area contributed by atoms with Gasteiger partial charge in [-0.3, -0.25) is 0 Å². The molecular formula is C18H22BrNO. The van der Waals surface area contributed by atoms with Gasteiger partial charge in [-0.2, -0.15) is 0 Å². The summed E-state index contributed by atoms with van der Waals surface area (Å²) in [6.07, 6.45) is 0. The zero-order chi connectivity index (χ0) is 15.2. The second-order valence-electron chi connectivity index (χ2n) is 5.62. The molecule has 1 N–H and O–H groups in total. The summed E-state index contributed by atoms with van der Waals surface area (Å²) >= 11 is 3.52. The molecule has 1 unspecified atom stereocenters. The molecule has 0 saturated carbocycles. The third kappa shape index (κ3) is 4.78. The van der Waals surface area contributed by atoms with Crippen LogP contribution in [0.5, 0.6) is 5.75 Å². The van der Waals surface area contributed by atoms with Crippen molar-refractivity contribution in [2.75, 3.05) is 11.9 Å². The van der Waals surface area contributed by atoms with Crippen LogP contribution < -0.4 is 10.1 Å². The Bertz CT molecular complexity index is 583. The monoisotopic (exact) mass is 347 g/mol. The van der Waals surface area contributed by atoms with E-state index >= 15 is 0 Å². The molecule has 0 radical (unpaired) electrons. The van der Waals surface area contributed by atoms with E-state index in [1.807, 2.05) is 24.3 Å². The molecule has 2 aromatic carbocycles. The second-order valence-corrected chi connectivity index (χ2v) is 6.54. The summed E-state index contributed by atoms with van der Waals surface area (Å²) in [7, 11) is 0. The maximum Gasteiger partial charge on any atom is 0.142 e. The summed E-state index contributed by atoms with van der Waals surface area (Å²) in [5.74, 6) is 1.42. The van der Waals surface area contributed by atoms with Crippen molar-refractivity contribution in [3.05, 3.63) is 58.6 Å². The van der Waals surface area contributed by atoms with Gasteiger partial charge < -0.3 is 10.1 Å². The maximum absolute atomic E-state index is 5.89. The van der Waals surface area contributed by atoms with Gasteiger partial charge in [-0.15, -0.1) is 0 Å². The van der Waals surface area contributed by atoms with Crippen LogP contribution in [-0.4, -0.2) is 6.61 Å². The summed E-state index contributed by atoms with van der Waals surface area (Å²) in [6, 6.07) is 16.7. The van der Waals surface area contributed by atoms with E-state index in [2.05, 4.69) is 66.3 Å². The van der Waals surface area contributed by atoms with E-state index in [0.717, 1.165) is 22.5 Å². The van der Waals surface area contributed by atoms with Crippen LogP contribution in [0.4, 0.5) is 5.69 Å². The van der Waals surface area contributed by atoms with Crippen molar-refractivity contribution in [1.29, 1.82) is 0 Å². The van der Waals surface area contributed by atoms with Crippen LogP contribution in [0.3, 0.4) is 0 Å². The van der Waals surface area contributed by atoms with Gasteiger partial charge in [-0.1, -0.05) is 54.0 Å². The predicted octanol–water partition coefficient (Wildman–Crippen LogP) is 5.66. The molecular weight excluding hydrogens is 326 g/mol. The van der Waals surface area contributed by atoms with Crippen molar-refractivity contribution >= 4 is 21.6 Å². The highest BCUT2D eigenvalue weighted by Gasteiger charge is 2.09. The number of para-hydroxylation sites is 2. The number of benzene rings is 2. The van der Waals surface area contributed by atoms with Crippen LogP contribution in [0.2, 0.25) is 0 Å². The number of ether oxygens (including phenoxy) is 1. The number of nitrogens with one attached hydrogen (secondary N) is 1. The summed E-state index contributed by atoms with van der Waals surface area (Å²) in [4.78, 5) is 0. The van der Waals surface area contributed by atoms with Crippen LogP contribution in [0.15, 0.2) is 53.0 Å². The van der Waals surface area contributed by atoms with Gasteiger partial charge >= 0.3 is 0 Å². The Morgan fingerprint density at radius 1 is 1.05 bits per heavy atom. The largest absolute Gasteiger partial charge is 0.491 e. The zero-order valence-corrected chi connectivity index (χ0v) is 14.4. The van der Waals surface area contributed by atoms with Crippen molar-refractivity contribution in [2.24, 2.45) is 5.92 Å². The van der Waals surface area contributed by atoms with Gasteiger partial charge in [0.25, 0.3) is 0 Å². The van der Waals surface area contributed by atoms with E-state index in [4.69, 9.17) is 4.74 Å². The first-order valence-electron chi connectivity index (χ1n) is 7.30. The highest BCUT2D eigenvalue weighted by molar-refractivity contribution is 9.10. The van der Waals surface area contributed by atoms with Crippen LogP contribution >= 0.6 is 15.9 Å². The number of halogens is 1. The lowest BCUT2D eigenvalue weighted by Crippen LogP contribution is -2.10. The number of rotatable bonds is 6. The number of anilines is 1. The first-order chi connectivity index (χ1) is 10.1. The Morgan fingerprint density at radius 2 is 1.81 bits per heavy atom. The minimum Gasteiger partial charge on any atom is -0.491 e. The molecule has 0 aliphatic heterocycles. The van der Waals surface area contributed by atoms with Gasteiger partial charge in [-0.25, -0.2) is 0 Å². The van der Waals surface area contributed by atoms with Crippen molar-refractivity contribution in [1.82, 2.24) is 0 Å². The Labute approximate surface area is 135 Å². The standard InChI is InChI=1S/C18H22BrNO/c1-13(2)12-21-18-10-5-4-9-17(18)20-14(3)15-7-6-8-16(19)11-15/h4-11,13-14,20H,12H2,1-3H3. The molecule has 2 rings (SSSR count). The molecule has 0 saturated heterocycles. The van der Waals surface area contributed by atoms with Crippen LogP contribution in [0.1, 0.15) is 32.4 Å². The third-order valence-corrected chi connectivity index (χ3v) is 3.67.